The Bertz CT molecular complexity index is 562. The van der Waals surface area contributed by atoms with E-state index in [1.54, 1.807) is 7.11 Å². The number of halogens is 1. The number of benzene rings is 1. The highest BCUT2D eigenvalue weighted by Crippen LogP contribution is 2.25. The van der Waals surface area contributed by atoms with E-state index >= 15 is 0 Å². The Morgan fingerprint density at radius 1 is 1.42 bits per heavy atom. The first-order chi connectivity index (χ1) is 8.94. The fourth-order valence-corrected chi connectivity index (χ4v) is 3.72. The molecule has 106 valence electrons. The van der Waals surface area contributed by atoms with Crippen LogP contribution in [-0.4, -0.2) is 27.7 Å². The molecule has 19 heavy (non-hydrogen) atoms. The van der Waals surface area contributed by atoms with Crippen LogP contribution in [-0.2, 0) is 14.8 Å². The maximum atomic E-state index is 13.3. The molecule has 7 heteroatoms. The van der Waals surface area contributed by atoms with Crippen LogP contribution in [0.3, 0.4) is 0 Å². The zero-order valence-corrected chi connectivity index (χ0v) is 11.4. The molecule has 0 bridgehead atoms. The molecule has 2 atom stereocenters. The number of para-hydroxylation sites is 1. The van der Waals surface area contributed by atoms with Crippen molar-refractivity contribution in [2.75, 3.05) is 12.8 Å². The molecule has 0 aliphatic heterocycles. The molecular weight excluding hydrogens is 271 g/mol. The normalized spacial score (nSPS) is 23.7. The van der Waals surface area contributed by atoms with E-state index in [0.717, 1.165) is 12.5 Å². The number of rotatable bonds is 4. The number of sulfonamides is 1. The summed E-state index contributed by atoms with van der Waals surface area (Å²) in [5, 5.41) is 0. The van der Waals surface area contributed by atoms with Crippen LogP contribution in [0.5, 0.6) is 0 Å². The van der Waals surface area contributed by atoms with Crippen molar-refractivity contribution in [2.45, 2.75) is 36.3 Å². The van der Waals surface area contributed by atoms with Crippen molar-refractivity contribution in [1.82, 2.24) is 4.72 Å². The van der Waals surface area contributed by atoms with E-state index in [9.17, 15) is 12.8 Å². The maximum absolute atomic E-state index is 13.3. The van der Waals surface area contributed by atoms with E-state index in [2.05, 4.69) is 4.72 Å². The topological polar surface area (TPSA) is 81.4 Å². The molecule has 0 radical (unpaired) electrons. The van der Waals surface area contributed by atoms with Crippen LogP contribution in [0.25, 0.3) is 0 Å². The summed E-state index contributed by atoms with van der Waals surface area (Å²) < 4.78 is 45.4. The predicted octanol–water partition coefficient (Wildman–Crippen LogP) is 1.25. The summed E-state index contributed by atoms with van der Waals surface area (Å²) in [6, 6.07) is 3.55. The largest absolute Gasteiger partial charge is 0.395 e. The van der Waals surface area contributed by atoms with Crippen molar-refractivity contribution < 1.29 is 17.5 Å². The molecule has 1 aromatic rings. The van der Waals surface area contributed by atoms with Crippen molar-refractivity contribution >= 4 is 15.7 Å². The lowest BCUT2D eigenvalue weighted by atomic mass is 10.3. The quantitative estimate of drug-likeness (QED) is 0.817. The van der Waals surface area contributed by atoms with Gasteiger partial charge in [-0.25, -0.2) is 17.5 Å². The standard InChI is InChI=1S/C12H17FN2O3S/c1-18-9-6-5-8(7-9)15-19(16,17)11-4-2-3-10(13)12(11)14/h2-4,8-9,15H,5-7,14H2,1H3. The molecule has 0 heterocycles. The monoisotopic (exact) mass is 288 g/mol. The van der Waals surface area contributed by atoms with E-state index in [0.29, 0.717) is 12.8 Å². The van der Waals surface area contributed by atoms with Gasteiger partial charge in [0.1, 0.15) is 10.7 Å². The van der Waals surface area contributed by atoms with Crippen molar-refractivity contribution in [2.24, 2.45) is 0 Å². The van der Waals surface area contributed by atoms with Gasteiger partial charge < -0.3 is 10.5 Å². The Kier molecular flexibility index (Phi) is 4.07. The molecule has 1 fully saturated rings. The van der Waals surface area contributed by atoms with Gasteiger partial charge in [0.15, 0.2) is 0 Å². The minimum absolute atomic E-state index is 0.0672. The van der Waals surface area contributed by atoms with Crippen LogP contribution in [0, 0.1) is 5.82 Å². The number of hydrogen-bond donors (Lipinski definition) is 2. The number of anilines is 1. The highest BCUT2D eigenvalue weighted by molar-refractivity contribution is 7.89. The fraction of sp³-hybridized carbons (Fsp3) is 0.500. The second-order valence-corrected chi connectivity index (χ2v) is 6.32. The van der Waals surface area contributed by atoms with Gasteiger partial charge in [0.2, 0.25) is 10.0 Å². The first-order valence-electron chi connectivity index (χ1n) is 6.03. The van der Waals surface area contributed by atoms with Crippen LogP contribution < -0.4 is 10.5 Å². The highest BCUT2D eigenvalue weighted by atomic mass is 32.2. The predicted molar refractivity (Wildman–Crippen MR) is 69.6 cm³/mol. The molecule has 1 aliphatic rings. The lowest BCUT2D eigenvalue weighted by Crippen LogP contribution is -2.34. The number of methoxy groups -OCH3 is 1. The molecule has 1 saturated carbocycles. The number of ether oxygens (including phenoxy) is 1. The zero-order valence-electron chi connectivity index (χ0n) is 10.6. The Labute approximate surface area is 112 Å². The van der Waals surface area contributed by atoms with E-state index in [1.165, 1.54) is 12.1 Å². The number of nitrogen functional groups attached to an aromatic ring is 1. The Morgan fingerprint density at radius 2 is 2.16 bits per heavy atom. The second-order valence-electron chi connectivity index (χ2n) is 4.64. The van der Waals surface area contributed by atoms with Gasteiger partial charge in [-0.05, 0) is 31.4 Å². The summed E-state index contributed by atoms with van der Waals surface area (Å²) in [6.07, 6.45) is 2.19. The first-order valence-corrected chi connectivity index (χ1v) is 7.51. The molecule has 1 aliphatic carbocycles. The van der Waals surface area contributed by atoms with Crippen LogP contribution in [0.2, 0.25) is 0 Å². The molecule has 1 aromatic carbocycles. The van der Waals surface area contributed by atoms with E-state index in [1.807, 2.05) is 0 Å². The average molecular weight is 288 g/mol. The molecule has 0 aromatic heterocycles. The van der Waals surface area contributed by atoms with E-state index < -0.39 is 15.8 Å². The lowest BCUT2D eigenvalue weighted by Gasteiger charge is -2.14. The number of nitrogens with two attached hydrogens (primary N) is 1. The van der Waals surface area contributed by atoms with Gasteiger partial charge in [0.05, 0.1) is 11.8 Å². The third kappa shape index (κ3) is 3.05. The molecule has 0 amide bonds. The van der Waals surface area contributed by atoms with Crippen LogP contribution >= 0.6 is 0 Å². The highest BCUT2D eigenvalue weighted by Gasteiger charge is 2.29. The van der Waals surface area contributed by atoms with Gasteiger partial charge in [0, 0.05) is 13.2 Å². The summed E-state index contributed by atoms with van der Waals surface area (Å²) in [5.74, 6) is -0.732. The summed E-state index contributed by atoms with van der Waals surface area (Å²) in [4.78, 5) is -0.214. The van der Waals surface area contributed by atoms with E-state index in [4.69, 9.17) is 10.5 Å². The summed E-state index contributed by atoms with van der Waals surface area (Å²) in [7, 11) is -2.20. The first kappa shape index (κ1) is 14.2. The number of nitrogens with one attached hydrogen (secondary N) is 1. The van der Waals surface area contributed by atoms with Gasteiger partial charge >= 0.3 is 0 Å². The second kappa shape index (κ2) is 5.44. The SMILES string of the molecule is COC1CCC(NS(=O)(=O)c2cccc(F)c2N)C1. The van der Waals surface area contributed by atoms with Gasteiger partial charge in [-0.15, -0.1) is 0 Å². The minimum atomic E-state index is -3.80. The molecule has 3 N–H and O–H groups in total. The van der Waals surface area contributed by atoms with Crippen molar-refractivity contribution in [3.8, 4) is 0 Å². The third-order valence-corrected chi connectivity index (χ3v) is 4.92. The molecule has 0 spiro atoms. The molecule has 2 rings (SSSR count). The summed E-state index contributed by atoms with van der Waals surface area (Å²) >= 11 is 0. The zero-order chi connectivity index (χ0) is 14.0. The van der Waals surface area contributed by atoms with Gasteiger partial charge in [-0.3, -0.25) is 0 Å². The maximum Gasteiger partial charge on any atom is 0.242 e. The molecular formula is C12H17FN2O3S. The molecule has 2 unspecified atom stereocenters. The van der Waals surface area contributed by atoms with Gasteiger partial charge in [0.25, 0.3) is 0 Å². The Balaban J connectivity index is 2.17. The van der Waals surface area contributed by atoms with Crippen molar-refractivity contribution in [1.29, 1.82) is 0 Å². The van der Waals surface area contributed by atoms with Crippen molar-refractivity contribution in [3.63, 3.8) is 0 Å². The number of hydrogen-bond acceptors (Lipinski definition) is 4. The summed E-state index contributed by atoms with van der Waals surface area (Å²) in [5.41, 5.74) is 5.13. The Morgan fingerprint density at radius 3 is 2.79 bits per heavy atom. The third-order valence-electron chi connectivity index (χ3n) is 3.34. The molecule has 5 nitrogen and oxygen atoms in total. The van der Waals surface area contributed by atoms with Gasteiger partial charge in [-0.1, -0.05) is 6.07 Å². The van der Waals surface area contributed by atoms with Gasteiger partial charge in [-0.2, -0.15) is 0 Å². The fourth-order valence-electron chi connectivity index (χ4n) is 2.30. The van der Waals surface area contributed by atoms with E-state index in [-0.39, 0.29) is 22.7 Å². The van der Waals surface area contributed by atoms with Crippen LogP contribution in [0.4, 0.5) is 10.1 Å². The molecule has 0 saturated heterocycles. The van der Waals surface area contributed by atoms with Crippen LogP contribution in [0.15, 0.2) is 23.1 Å². The Hall–Kier alpha value is -1.18. The minimum Gasteiger partial charge on any atom is -0.395 e. The lowest BCUT2D eigenvalue weighted by molar-refractivity contribution is 0.107. The van der Waals surface area contributed by atoms with Crippen molar-refractivity contribution in [3.05, 3.63) is 24.0 Å². The van der Waals surface area contributed by atoms with Crippen LogP contribution in [0.1, 0.15) is 19.3 Å². The smallest absolute Gasteiger partial charge is 0.242 e. The summed E-state index contributed by atoms with van der Waals surface area (Å²) in [6.45, 7) is 0. The average Bonchev–Trinajstić information content (AvgIpc) is 2.79.